The lowest BCUT2D eigenvalue weighted by atomic mass is 10.1. The van der Waals surface area contributed by atoms with Crippen molar-refractivity contribution in [3.05, 3.63) is 59.2 Å². The zero-order valence-electron chi connectivity index (χ0n) is 12.6. The maximum Gasteiger partial charge on any atom is 0.241 e. The maximum atomic E-state index is 12.5. The van der Waals surface area contributed by atoms with Gasteiger partial charge in [0.2, 0.25) is 10.0 Å². The number of hydrogen-bond acceptors (Lipinski definition) is 4. The normalized spacial score (nSPS) is 14.6. The molecule has 0 fully saturated rings. The molecule has 0 saturated carbocycles. The van der Waals surface area contributed by atoms with Crippen molar-refractivity contribution >= 4 is 10.0 Å². The molecule has 0 aromatic heterocycles. The van der Waals surface area contributed by atoms with E-state index >= 15 is 0 Å². The molecule has 1 heterocycles. The minimum Gasteiger partial charge on any atom is -0.493 e. The average molecular weight is 328 g/mol. The van der Waals surface area contributed by atoms with Crippen molar-refractivity contribution in [2.75, 3.05) is 6.61 Å². The monoisotopic (exact) mass is 328 g/mol. The Balaban J connectivity index is 1.81. The van der Waals surface area contributed by atoms with Crippen LogP contribution in [-0.4, -0.2) is 15.0 Å². The van der Waals surface area contributed by atoms with Crippen molar-refractivity contribution in [1.29, 1.82) is 5.26 Å². The van der Waals surface area contributed by atoms with Gasteiger partial charge in [-0.25, -0.2) is 13.1 Å². The molecule has 0 bridgehead atoms. The molecule has 0 unspecified atom stereocenters. The third-order valence-corrected chi connectivity index (χ3v) is 5.38. The highest BCUT2D eigenvalue weighted by Gasteiger charge is 2.21. The number of nitrogens with one attached hydrogen (secondary N) is 1. The van der Waals surface area contributed by atoms with Crippen LogP contribution in [0.25, 0.3) is 0 Å². The summed E-state index contributed by atoms with van der Waals surface area (Å²) in [4.78, 5) is 0.238. The third-order valence-electron chi connectivity index (χ3n) is 3.84. The molecule has 1 N–H and O–H groups in total. The molecule has 1 aliphatic heterocycles. The van der Waals surface area contributed by atoms with Gasteiger partial charge in [-0.1, -0.05) is 12.1 Å². The highest BCUT2D eigenvalue weighted by Crippen LogP contribution is 2.28. The van der Waals surface area contributed by atoms with Crippen molar-refractivity contribution in [2.45, 2.75) is 24.3 Å². The Morgan fingerprint density at radius 1 is 1.22 bits per heavy atom. The highest BCUT2D eigenvalue weighted by atomic mass is 32.2. The molecule has 23 heavy (non-hydrogen) atoms. The van der Waals surface area contributed by atoms with Crippen LogP contribution >= 0.6 is 0 Å². The summed E-state index contributed by atoms with van der Waals surface area (Å²) >= 11 is 0. The summed E-state index contributed by atoms with van der Waals surface area (Å²) in [5.41, 5.74) is 2.26. The lowest BCUT2D eigenvalue weighted by Crippen LogP contribution is -2.27. The number of hydrogen-bond donors (Lipinski definition) is 1. The van der Waals surface area contributed by atoms with E-state index in [1.807, 2.05) is 6.07 Å². The second-order valence-corrected chi connectivity index (χ2v) is 7.16. The molecule has 1 atom stereocenters. The van der Waals surface area contributed by atoms with Gasteiger partial charge in [0.1, 0.15) is 5.75 Å². The maximum absolute atomic E-state index is 12.5. The summed E-state index contributed by atoms with van der Waals surface area (Å²) in [7, 11) is -3.62. The summed E-state index contributed by atoms with van der Waals surface area (Å²) in [5.74, 6) is 0.754. The van der Waals surface area contributed by atoms with E-state index in [2.05, 4.69) is 4.72 Å². The summed E-state index contributed by atoms with van der Waals surface area (Å²) < 4.78 is 33.1. The van der Waals surface area contributed by atoms with Crippen LogP contribution in [0.15, 0.2) is 47.4 Å². The van der Waals surface area contributed by atoms with Crippen LogP contribution in [-0.2, 0) is 16.4 Å². The first kappa shape index (κ1) is 15.5. The van der Waals surface area contributed by atoms with Gasteiger partial charge in [0.15, 0.2) is 0 Å². The second-order valence-electron chi connectivity index (χ2n) is 5.44. The van der Waals surface area contributed by atoms with Crippen LogP contribution in [0.3, 0.4) is 0 Å². The Hall–Kier alpha value is -2.36. The predicted molar refractivity (Wildman–Crippen MR) is 85.5 cm³/mol. The van der Waals surface area contributed by atoms with Crippen molar-refractivity contribution in [3.8, 4) is 11.8 Å². The van der Waals surface area contributed by atoms with E-state index in [4.69, 9.17) is 10.00 Å². The fourth-order valence-corrected chi connectivity index (χ4v) is 3.83. The Morgan fingerprint density at radius 3 is 2.65 bits per heavy atom. The summed E-state index contributed by atoms with van der Waals surface area (Å²) in [6, 6.07) is 13.4. The molecule has 0 spiro atoms. The summed E-state index contributed by atoms with van der Waals surface area (Å²) in [6.45, 7) is 2.36. The van der Waals surface area contributed by atoms with Crippen LogP contribution in [0.1, 0.15) is 29.7 Å². The number of fused-ring (bicyclic) bond motifs is 1. The zero-order chi connectivity index (χ0) is 16.4. The van der Waals surface area contributed by atoms with E-state index in [0.29, 0.717) is 12.2 Å². The molecule has 2 aromatic carbocycles. The summed E-state index contributed by atoms with van der Waals surface area (Å²) in [5, 5.41) is 8.81. The average Bonchev–Trinajstić information content (AvgIpc) is 3.02. The van der Waals surface area contributed by atoms with Crippen molar-refractivity contribution in [3.63, 3.8) is 0 Å². The van der Waals surface area contributed by atoms with Gasteiger partial charge in [0.05, 0.1) is 23.1 Å². The SMILES string of the molecule is C[C@@H](NS(=O)(=O)c1ccc2c(c1)CCO2)c1ccc(C#N)cc1. The number of nitrogens with zero attached hydrogens (tertiary/aromatic N) is 1. The van der Waals surface area contributed by atoms with Gasteiger partial charge in [0, 0.05) is 12.5 Å². The van der Waals surface area contributed by atoms with Gasteiger partial charge in [-0.3, -0.25) is 0 Å². The number of benzene rings is 2. The van der Waals surface area contributed by atoms with Gasteiger partial charge in [-0.05, 0) is 48.4 Å². The molecule has 5 nitrogen and oxygen atoms in total. The highest BCUT2D eigenvalue weighted by molar-refractivity contribution is 7.89. The van der Waals surface area contributed by atoms with Crippen molar-refractivity contribution in [2.24, 2.45) is 0 Å². The van der Waals surface area contributed by atoms with E-state index in [-0.39, 0.29) is 4.90 Å². The van der Waals surface area contributed by atoms with E-state index in [1.165, 1.54) is 0 Å². The molecular formula is C17H16N2O3S. The number of sulfonamides is 1. The Morgan fingerprint density at radius 2 is 1.96 bits per heavy atom. The van der Waals surface area contributed by atoms with E-state index in [9.17, 15) is 8.42 Å². The van der Waals surface area contributed by atoms with E-state index in [0.717, 1.165) is 23.3 Å². The molecule has 2 aromatic rings. The Bertz CT molecular complexity index is 868. The lowest BCUT2D eigenvalue weighted by molar-refractivity contribution is 0.356. The fourth-order valence-electron chi connectivity index (χ4n) is 2.55. The van der Waals surface area contributed by atoms with Crippen molar-refractivity contribution < 1.29 is 13.2 Å². The lowest BCUT2D eigenvalue weighted by Gasteiger charge is -2.15. The smallest absolute Gasteiger partial charge is 0.241 e. The Labute approximate surface area is 135 Å². The van der Waals surface area contributed by atoms with Gasteiger partial charge in [-0.15, -0.1) is 0 Å². The molecule has 6 heteroatoms. The zero-order valence-corrected chi connectivity index (χ0v) is 13.4. The number of ether oxygens (including phenoxy) is 1. The minimum absolute atomic E-state index is 0.238. The first-order chi connectivity index (χ1) is 11.0. The van der Waals surface area contributed by atoms with Gasteiger partial charge in [-0.2, -0.15) is 5.26 Å². The van der Waals surface area contributed by atoms with Crippen LogP contribution in [0.4, 0.5) is 0 Å². The fraction of sp³-hybridized carbons (Fsp3) is 0.235. The first-order valence-corrected chi connectivity index (χ1v) is 8.76. The predicted octanol–water partition coefficient (Wildman–Crippen LogP) is 2.53. The molecule has 1 aliphatic rings. The van der Waals surface area contributed by atoms with Gasteiger partial charge < -0.3 is 4.74 Å². The quantitative estimate of drug-likeness (QED) is 0.935. The molecule has 3 rings (SSSR count). The van der Waals surface area contributed by atoms with Gasteiger partial charge >= 0.3 is 0 Å². The first-order valence-electron chi connectivity index (χ1n) is 7.28. The number of rotatable bonds is 4. The molecular weight excluding hydrogens is 312 g/mol. The van der Waals surface area contributed by atoms with Gasteiger partial charge in [0.25, 0.3) is 0 Å². The molecule has 0 aliphatic carbocycles. The minimum atomic E-state index is -3.62. The molecule has 0 amide bonds. The van der Waals surface area contributed by atoms with Crippen LogP contribution < -0.4 is 9.46 Å². The van der Waals surface area contributed by atoms with Crippen molar-refractivity contribution in [1.82, 2.24) is 4.72 Å². The third kappa shape index (κ3) is 3.21. The molecule has 0 saturated heterocycles. The summed E-state index contributed by atoms with van der Waals surface area (Å²) in [6.07, 6.45) is 0.726. The number of nitriles is 1. The largest absolute Gasteiger partial charge is 0.493 e. The molecule has 118 valence electrons. The van der Waals surface area contributed by atoms with E-state index in [1.54, 1.807) is 49.4 Å². The Kier molecular flexibility index (Phi) is 4.07. The van der Waals surface area contributed by atoms with Crippen LogP contribution in [0.2, 0.25) is 0 Å². The topological polar surface area (TPSA) is 79.2 Å². The van der Waals surface area contributed by atoms with Crippen LogP contribution in [0, 0.1) is 11.3 Å². The van der Waals surface area contributed by atoms with E-state index < -0.39 is 16.1 Å². The second kappa shape index (κ2) is 6.03. The standard InChI is InChI=1S/C17H16N2O3S/c1-12(14-4-2-13(11-18)3-5-14)19-23(20,21)16-6-7-17-15(10-16)8-9-22-17/h2-7,10,12,19H,8-9H2,1H3/t12-/m1/s1. The van der Waals surface area contributed by atoms with Crippen LogP contribution in [0.5, 0.6) is 5.75 Å². The molecule has 0 radical (unpaired) electrons.